The molecule has 3 heterocycles. The van der Waals surface area contributed by atoms with Crippen molar-refractivity contribution in [1.82, 2.24) is 14.3 Å². The van der Waals surface area contributed by atoms with Crippen LogP contribution in [0.15, 0.2) is 29.2 Å². The van der Waals surface area contributed by atoms with E-state index in [4.69, 9.17) is 21.3 Å². The fourth-order valence-corrected chi connectivity index (χ4v) is 5.66. The molecule has 30 heavy (non-hydrogen) atoms. The molecular formula is C20H26ClN5O3S. The number of nitrogens with zero attached hydrogens (tertiary/aromatic N) is 5. The second-order valence-corrected chi connectivity index (χ2v) is 9.91. The molecule has 4 rings (SSSR count). The average Bonchev–Trinajstić information content (AvgIpc) is 2.75. The maximum atomic E-state index is 13.1. The van der Waals surface area contributed by atoms with Gasteiger partial charge >= 0.3 is 0 Å². The van der Waals surface area contributed by atoms with E-state index in [-0.39, 0.29) is 4.90 Å². The molecule has 2 saturated heterocycles. The normalized spacial score (nSPS) is 18.6. The van der Waals surface area contributed by atoms with Crippen LogP contribution in [0.3, 0.4) is 0 Å². The third-order valence-corrected chi connectivity index (χ3v) is 7.73. The first-order valence-electron chi connectivity index (χ1n) is 10.0. The van der Waals surface area contributed by atoms with E-state index in [1.165, 1.54) is 10.4 Å². The van der Waals surface area contributed by atoms with Crippen LogP contribution in [-0.4, -0.2) is 75.2 Å². The molecule has 2 fully saturated rings. The van der Waals surface area contributed by atoms with Crippen LogP contribution < -0.4 is 9.80 Å². The average molecular weight is 452 g/mol. The highest BCUT2D eigenvalue weighted by atomic mass is 35.5. The highest BCUT2D eigenvalue weighted by Gasteiger charge is 2.31. The van der Waals surface area contributed by atoms with Crippen molar-refractivity contribution < 1.29 is 13.2 Å². The van der Waals surface area contributed by atoms with E-state index >= 15 is 0 Å². The van der Waals surface area contributed by atoms with Crippen molar-refractivity contribution in [3.05, 3.63) is 40.5 Å². The van der Waals surface area contributed by atoms with Crippen molar-refractivity contribution in [2.45, 2.75) is 18.7 Å². The number of hydrogen-bond donors (Lipinski definition) is 0. The molecule has 1 aromatic heterocycles. The Kier molecular flexibility index (Phi) is 6.15. The van der Waals surface area contributed by atoms with Crippen LogP contribution in [-0.2, 0) is 14.8 Å². The van der Waals surface area contributed by atoms with Gasteiger partial charge in [0.15, 0.2) is 0 Å². The molecule has 2 aliphatic rings. The number of sulfonamides is 1. The molecule has 1 aromatic carbocycles. The van der Waals surface area contributed by atoms with Crippen molar-refractivity contribution in [1.29, 1.82) is 0 Å². The monoisotopic (exact) mass is 451 g/mol. The lowest BCUT2D eigenvalue weighted by atomic mass is 10.2. The summed E-state index contributed by atoms with van der Waals surface area (Å²) in [5.74, 6) is 1.54. The van der Waals surface area contributed by atoms with E-state index < -0.39 is 10.0 Å². The second kappa shape index (κ2) is 8.66. The number of morpholine rings is 1. The molecule has 0 atom stereocenters. The quantitative estimate of drug-likeness (QED) is 0.704. The minimum Gasteiger partial charge on any atom is -0.378 e. The second-order valence-electron chi connectivity index (χ2n) is 7.57. The van der Waals surface area contributed by atoms with Gasteiger partial charge in [0, 0.05) is 56.1 Å². The SMILES string of the molecule is Cc1cc(N2CCOCC2)nc(N2CCN(S(=O)(=O)c3cc(Cl)ccc3C)CC2)n1. The number of hydrogen-bond acceptors (Lipinski definition) is 7. The molecule has 162 valence electrons. The van der Waals surface area contributed by atoms with Gasteiger partial charge in [-0.15, -0.1) is 0 Å². The predicted molar refractivity (Wildman–Crippen MR) is 117 cm³/mol. The molecule has 0 saturated carbocycles. The van der Waals surface area contributed by atoms with Crippen LogP contribution in [0.25, 0.3) is 0 Å². The van der Waals surface area contributed by atoms with Gasteiger partial charge in [0.25, 0.3) is 0 Å². The Bertz CT molecular complexity index is 1020. The molecule has 0 unspecified atom stereocenters. The molecule has 0 radical (unpaired) electrons. The number of benzene rings is 1. The zero-order valence-electron chi connectivity index (χ0n) is 17.2. The van der Waals surface area contributed by atoms with Crippen molar-refractivity contribution in [3.8, 4) is 0 Å². The lowest BCUT2D eigenvalue weighted by molar-refractivity contribution is 0.122. The Morgan fingerprint density at radius 3 is 2.33 bits per heavy atom. The number of rotatable bonds is 4. The topological polar surface area (TPSA) is 78.9 Å². The summed E-state index contributed by atoms with van der Waals surface area (Å²) in [6.07, 6.45) is 0. The molecule has 10 heteroatoms. The number of halogens is 1. The maximum absolute atomic E-state index is 13.1. The van der Waals surface area contributed by atoms with Gasteiger partial charge in [-0.2, -0.15) is 9.29 Å². The first-order valence-corrected chi connectivity index (χ1v) is 11.9. The summed E-state index contributed by atoms with van der Waals surface area (Å²) >= 11 is 6.04. The summed E-state index contributed by atoms with van der Waals surface area (Å²) in [6, 6.07) is 6.95. The van der Waals surface area contributed by atoms with Crippen molar-refractivity contribution >= 4 is 33.4 Å². The largest absolute Gasteiger partial charge is 0.378 e. The minimum absolute atomic E-state index is 0.268. The van der Waals surface area contributed by atoms with E-state index in [2.05, 4.69) is 9.88 Å². The van der Waals surface area contributed by atoms with Crippen LogP contribution in [0.1, 0.15) is 11.3 Å². The Morgan fingerprint density at radius 1 is 0.933 bits per heavy atom. The highest BCUT2D eigenvalue weighted by molar-refractivity contribution is 7.89. The summed E-state index contributed by atoms with van der Waals surface area (Å²) in [5, 5.41) is 0.418. The fraction of sp³-hybridized carbons (Fsp3) is 0.500. The van der Waals surface area contributed by atoms with E-state index in [0.717, 1.165) is 24.6 Å². The van der Waals surface area contributed by atoms with Gasteiger partial charge < -0.3 is 14.5 Å². The van der Waals surface area contributed by atoms with Gasteiger partial charge in [-0.05, 0) is 31.5 Å². The highest BCUT2D eigenvalue weighted by Crippen LogP contribution is 2.26. The van der Waals surface area contributed by atoms with Crippen LogP contribution in [0.4, 0.5) is 11.8 Å². The Hall–Kier alpha value is -1.94. The molecule has 8 nitrogen and oxygen atoms in total. The molecule has 2 aliphatic heterocycles. The van der Waals surface area contributed by atoms with Crippen LogP contribution >= 0.6 is 11.6 Å². The molecule has 0 bridgehead atoms. The van der Waals surface area contributed by atoms with E-state index in [0.29, 0.717) is 55.9 Å². The van der Waals surface area contributed by atoms with Gasteiger partial charge in [-0.25, -0.2) is 13.4 Å². The molecule has 0 aliphatic carbocycles. The summed E-state index contributed by atoms with van der Waals surface area (Å²) < 4.78 is 33.2. The van der Waals surface area contributed by atoms with Gasteiger partial charge in [-0.3, -0.25) is 0 Å². The van der Waals surface area contributed by atoms with Crippen molar-refractivity contribution in [2.75, 3.05) is 62.3 Å². The fourth-order valence-electron chi connectivity index (χ4n) is 3.75. The number of ether oxygens (including phenoxy) is 1. The molecular weight excluding hydrogens is 426 g/mol. The molecule has 0 spiro atoms. The van der Waals surface area contributed by atoms with Gasteiger partial charge in [-0.1, -0.05) is 17.7 Å². The Morgan fingerprint density at radius 2 is 1.63 bits per heavy atom. The number of aromatic nitrogens is 2. The standard InChI is InChI=1S/C20H26ClN5O3S/c1-15-3-4-17(21)14-18(15)30(27,28)26-7-5-25(6-8-26)20-22-16(2)13-19(23-20)24-9-11-29-12-10-24/h3-4,13-14H,5-12H2,1-2H3. The van der Waals surface area contributed by atoms with Crippen molar-refractivity contribution in [2.24, 2.45) is 0 Å². The number of aryl methyl sites for hydroxylation is 2. The summed E-state index contributed by atoms with van der Waals surface area (Å²) in [6.45, 7) is 8.55. The zero-order valence-corrected chi connectivity index (χ0v) is 18.8. The molecule has 0 amide bonds. The Balaban J connectivity index is 1.49. The molecule has 2 aromatic rings. The third-order valence-electron chi connectivity index (χ3n) is 5.45. The van der Waals surface area contributed by atoms with Gasteiger partial charge in [0.05, 0.1) is 18.1 Å². The van der Waals surface area contributed by atoms with Crippen LogP contribution in [0.5, 0.6) is 0 Å². The number of piperazine rings is 1. The van der Waals surface area contributed by atoms with Crippen LogP contribution in [0, 0.1) is 13.8 Å². The van der Waals surface area contributed by atoms with E-state index in [1.54, 1.807) is 19.1 Å². The summed E-state index contributed by atoms with van der Waals surface area (Å²) in [4.78, 5) is 13.9. The predicted octanol–water partition coefficient (Wildman–Crippen LogP) is 2.09. The third kappa shape index (κ3) is 4.39. The zero-order chi connectivity index (χ0) is 21.3. The first-order chi connectivity index (χ1) is 14.3. The van der Waals surface area contributed by atoms with Crippen LogP contribution in [0.2, 0.25) is 5.02 Å². The maximum Gasteiger partial charge on any atom is 0.243 e. The van der Waals surface area contributed by atoms with Gasteiger partial charge in [0.2, 0.25) is 16.0 Å². The lowest BCUT2D eigenvalue weighted by Crippen LogP contribution is -2.49. The van der Waals surface area contributed by atoms with E-state index in [1.807, 2.05) is 17.9 Å². The summed E-state index contributed by atoms with van der Waals surface area (Å²) in [7, 11) is -3.59. The lowest BCUT2D eigenvalue weighted by Gasteiger charge is -2.35. The summed E-state index contributed by atoms with van der Waals surface area (Å²) in [5.41, 5.74) is 1.59. The molecule has 0 N–H and O–H groups in total. The minimum atomic E-state index is -3.59. The van der Waals surface area contributed by atoms with E-state index in [9.17, 15) is 8.42 Å². The van der Waals surface area contributed by atoms with Crippen molar-refractivity contribution in [3.63, 3.8) is 0 Å². The smallest absolute Gasteiger partial charge is 0.243 e. The number of anilines is 2. The first kappa shape index (κ1) is 21.3. The van der Waals surface area contributed by atoms with Gasteiger partial charge in [0.1, 0.15) is 5.82 Å². The Labute approximate surface area is 182 Å².